The molecule has 0 bridgehead atoms. The number of nitrogens with zero attached hydrogens (tertiary/aromatic N) is 1. The molecule has 0 heterocycles. The molecule has 0 aliphatic heterocycles. The number of anilines is 2. The van der Waals surface area contributed by atoms with Gasteiger partial charge in [0.05, 0.1) is 24.4 Å². The first kappa shape index (κ1) is 16.8. The van der Waals surface area contributed by atoms with Gasteiger partial charge in [0.15, 0.2) is 0 Å². The summed E-state index contributed by atoms with van der Waals surface area (Å²) >= 11 is 0. The highest BCUT2D eigenvalue weighted by atomic mass is 16.5. The molecule has 1 aromatic carbocycles. The minimum absolute atomic E-state index is 0.0399. The van der Waals surface area contributed by atoms with Crippen LogP contribution in [0.25, 0.3) is 0 Å². The molecular weight excluding hydrogens is 274 g/mol. The van der Waals surface area contributed by atoms with Gasteiger partial charge in [-0.1, -0.05) is 0 Å². The quantitative estimate of drug-likeness (QED) is 0.635. The molecule has 7 nitrogen and oxygen atoms in total. The van der Waals surface area contributed by atoms with Gasteiger partial charge in [-0.05, 0) is 25.1 Å². The summed E-state index contributed by atoms with van der Waals surface area (Å²) in [6.07, 6.45) is 0. The number of rotatable bonds is 7. The number of likely N-dealkylation sites (N-methyl/N-ethyl adjacent to an activating group) is 1. The van der Waals surface area contributed by atoms with E-state index in [1.165, 1.54) is 6.07 Å². The summed E-state index contributed by atoms with van der Waals surface area (Å²) in [5, 5.41) is 12.0. The minimum atomic E-state index is -1.09. The lowest BCUT2D eigenvalue weighted by Crippen LogP contribution is -2.41. The average molecular weight is 295 g/mol. The monoisotopic (exact) mass is 295 g/mol. The molecule has 7 heteroatoms. The van der Waals surface area contributed by atoms with Gasteiger partial charge in [-0.25, -0.2) is 4.79 Å². The lowest BCUT2D eigenvalue weighted by molar-refractivity contribution is -0.120. The Balaban J connectivity index is 2.78. The number of ether oxygens (including phenoxy) is 1. The van der Waals surface area contributed by atoms with Crippen molar-refractivity contribution in [2.75, 3.05) is 37.9 Å². The number of hydrogen-bond acceptors (Lipinski definition) is 5. The van der Waals surface area contributed by atoms with Crippen LogP contribution in [0.1, 0.15) is 17.3 Å². The zero-order valence-electron chi connectivity index (χ0n) is 12.4. The minimum Gasteiger partial charge on any atom is -0.478 e. The van der Waals surface area contributed by atoms with Crippen molar-refractivity contribution in [2.24, 2.45) is 0 Å². The van der Waals surface area contributed by atoms with Crippen molar-refractivity contribution < 1.29 is 19.4 Å². The average Bonchev–Trinajstić information content (AvgIpc) is 2.38. The van der Waals surface area contributed by atoms with Crippen LogP contribution in [0.2, 0.25) is 0 Å². The summed E-state index contributed by atoms with van der Waals surface area (Å²) in [6, 6.07) is 4.45. The zero-order valence-corrected chi connectivity index (χ0v) is 12.4. The number of hydrogen-bond donors (Lipinski definition) is 3. The highest BCUT2D eigenvalue weighted by Gasteiger charge is 2.16. The fourth-order valence-electron chi connectivity index (χ4n) is 1.97. The Morgan fingerprint density at radius 3 is 2.71 bits per heavy atom. The van der Waals surface area contributed by atoms with E-state index in [2.05, 4.69) is 5.32 Å². The normalized spacial score (nSPS) is 11.8. The second kappa shape index (κ2) is 7.49. The predicted molar refractivity (Wildman–Crippen MR) is 80.6 cm³/mol. The SMILES string of the molecule is COCC(C)NC(=O)CN(C)c1ccc(N)cc1C(=O)O. The molecule has 0 aliphatic rings. The summed E-state index contributed by atoms with van der Waals surface area (Å²) in [5.41, 5.74) is 6.46. The van der Waals surface area contributed by atoms with Crippen molar-refractivity contribution in [3.63, 3.8) is 0 Å². The first-order chi connectivity index (χ1) is 9.85. The highest BCUT2D eigenvalue weighted by molar-refractivity contribution is 5.96. The van der Waals surface area contributed by atoms with Gasteiger partial charge < -0.3 is 25.8 Å². The van der Waals surface area contributed by atoms with Gasteiger partial charge in [-0.15, -0.1) is 0 Å². The van der Waals surface area contributed by atoms with Crippen molar-refractivity contribution in [3.8, 4) is 0 Å². The Bertz CT molecular complexity index is 519. The number of nitrogens with two attached hydrogens (primary N) is 1. The van der Waals surface area contributed by atoms with Gasteiger partial charge in [0.2, 0.25) is 5.91 Å². The maximum Gasteiger partial charge on any atom is 0.337 e. The summed E-state index contributed by atoms with van der Waals surface area (Å²) in [5.74, 6) is -1.30. The molecule has 0 aliphatic carbocycles. The fourth-order valence-corrected chi connectivity index (χ4v) is 1.97. The first-order valence-corrected chi connectivity index (χ1v) is 6.47. The number of methoxy groups -OCH3 is 1. The largest absolute Gasteiger partial charge is 0.478 e. The number of benzene rings is 1. The Hall–Kier alpha value is -2.28. The van der Waals surface area contributed by atoms with E-state index < -0.39 is 5.97 Å². The van der Waals surface area contributed by atoms with Crippen molar-refractivity contribution in [1.82, 2.24) is 5.32 Å². The molecule has 0 spiro atoms. The Morgan fingerprint density at radius 1 is 1.48 bits per heavy atom. The van der Waals surface area contributed by atoms with Gasteiger partial charge in [-0.2, -0.15) is 0 Å². The van der Waals surface area contributed by atoms with E-state index >= 15 is 0 Å². The van der Waals surface area contributed by atoms with Crippen LogP contribution < -0.4 is 16.0 Å². The number of nitrogen functional groups attached to an aromatic ring is 1. The van der Waals surface area contributed by atoms with Crippen molar-refractivity contribution in [3.05, 3.63) is 23.8 Å². The number of carbonyl (C=O) groups excluding carboxylic acids is 1. The number of carboxylic acids is 1. The maximum atomic E-state index is 11.9. The van der Waals surface area contributed by atoms with Crippen LogP contribution in [0.15, 0.2) is 18.2 Å². The van der Waals surface area contributed by atoms with Crippen LogP contribution in [-0.4, -0.2) is 50.3 Å². The molecular formula is C14H21N3O4. The van der Waals surface area contributed by atoms with Gasteiger partial charge in [0, 0.05) is 25.9 Å². The summed E-state index contributed by atoms with van der Waals surface area (Å²) < 4.78 is 4.94. The van der Waals surface area contributed by atoms with E-state index in [-0.39, 0.29) is 24.1 Å². The number of nitrogens with one attached hydrogen (secondary N) is 1. The molecule has 21 heavy (non-hydrogen) atoms. The van der Waals surface area contributed by atoms with Gasteiger partial charge in [-0.3, -0.25) is 4.79 Å². The maximum absolute atomic E-state index is 11.9. The standard InChI is InChI=1S/C14H21N3O4/c1-9(8-21-3)16-13(18)7-17(2)12-5-4-10(15)6-11(12)14(19)20/h4-6,9H,7-8,15H2,1-3H3,(H,16,18)(H,19,20). The smallest absolute Gasteiger partial charge is 0.337 e. The molecule has 4 N–H and O–H groups in total. The number of aromatic carboxylic acids is 1. The lowest BCUT2D eigenvalue weighted by atomic mass is 10.1. The van der Waals surface area contributed by atoms with Crippen molar-refractivity contribution >= 4 is 23.3 Å². The molecule has 0 radical (unpaired) electrons. The second-order valence-corrected chi connectivity index (χ2v) is 4.86. The molecule has 1 amide bonds. The summed E-state index contributed by atoms with van der Waals surface area (Å²) in [7, 11) is 3.21. The Morgan fingerprint density at radius 2 is 2.14 bits per heavy atom. The van der Waals surface area contributed by atoms with E-state index in [9.17, 15) is 14.7 Å². The molecule has 1 rings (SSSR count). The van der Waals surface area contributed by atoms with E-state index in [0.717, 1.165) is 0 Å². The van der Waals surface area contributed by atoms with Crippen LogP contribution in [0.4, 0.5) is 11.4 Å². The topological polar surface area (TPSA) is 105 Å². The predicted octanol–water partition coefficient (Wildman–Crippen LogP) is 0.554. The number of carbonyl (C=O) groups is 2. The second-order valence-electron chi connectivity index (χ2n) is 4.86. The third-order valence-corrected chi connectivity index (χ3v) is 2.87. The molecule has 0 saturated carbocycles. The molecule has 0 saturated heterocycles. The van der Waals surface area contributed by atoms with Crippen LogP contribution in [-0.2, 0) is 9.53 Å². The molecule has 1 unspecified atom stereocenters. The van der Waals surface area contributed by atoms with Crippen LogP contribution in [0.5, 0.6) is 0 Å². The molecule has 1 atom stereocenters. The van der Waals surface area contributed by atoms with Gasteiger partial charge >= 0.3 is 5.97 Å². The van der Waals surface area contributed by atoms with Crippen LogP contribution >= 0.6 is 0 Å². The van der Waals surface area contributed by atoms with Crippen LogP contribution in [0, 0.1) is 0 Å². The Labute approximate surface area is 123 Å². The summed E-state index contributed by atoms with van der Waals surface area (Å²) in [6.45, 7) is 2.28. The molecule has 116 valence electrons. The molecule has 1 aromatic rings. The van der Waals surface area contributed by atoms with E-state index in [4.69, 9.17) is 10.5 Å². The number of carboxylic acid groups (broad SMARTS) is 1. The molecule has 0 fully saturated rings. The first-order valence-electron chi connectivity index (χ1n) is 6.47. The number of amides is 1. The third-order valence-electron chi connectivity index (χ3n) is 2.87. The van der Waals surface area contributed by atoms with Crippen molar-refractivity contribution in [2.45, 2.75) is 13.0 Å². The highest BCUT2D eigenvalue weighted by Crippen LogP contribution is 2.22. The van der Waals surface area contributed by atoms with E-state index in [1.54, 1.807) is 31.2 Å². The van der Waals surface area contributed by atoms with Crippen LogP contribution in [0.3, 0.4) is 0 Å². The lowest BCUT2D eigenvalue weighted by Gasteiger charge is -2.22. The zero-order chi connectivity index (χ0) is 16.0. The van der Waals surface area contributed by atoms with Gasteiger partial charge in [0.25, 0.3) is 0 Å². The van der Waals surface area contributed by atoms with E-state index in [0.29, 0.717) is 18.0 Å². The third kappa shape index (κ3) is 4.96. The van der Waals surface area contributed by atoms with E-state index in [1.807, 2.05) is 6.92 Å². The summed E-state index contributed by atoms with van der Waals surface area (Å²) in [4.78, 5) is 24.7. The van der Waals surface area contributed by atoms with Crippen molar-refractivity contribution in [1.29, 1.82) is 0 Å². The Kier molecular flexibility index (Phi) is 5.98. The van der Waals surface area contributed by atoms with Gasteiger partial charge in [0.1, 0.15) is 0 Å². The molecule has 0 aromatic heterocycles. The fraction of sp³-hybridized carbons (Fsp3) is 0.429.